The van der Waals surface area contributed by atoms with E-state index in [1.165, 1.54) is 42.4 Å². The van der Waals surface area contributed by atoms with E-state index < -0.39 is 0 Å². The van der Waals surface area contributed by atoms with Gasteiger partial charge in [0.05, 0.1) is 0 Å². The molecule has 0 bridgehead atoms. The van der Waals surface area contributed by atoms with Crippen molar-refractivity contribution in [1.82, 2.24) is 0 Å². The van der Waals surface area contributed by atoms with E-state index in [0.29, 0.717) is 0 Å². The van der Waals surface area contributed by atoms with Gasteiger partial charge in [0, 0.05) is 0 Å². The van der Waals surface area contributed by atoms with Gasteiger partial charge in [-0.25, -0.2) is 0 Å². The average molecular weight is 242 g/mol. The number of rotatable bonds is 7. The second-order valence-corrected chi connectivity index (χ2v) is 5.21. The number of benzene rings is 1. The van der Waals surface area contributed by atoms with Gasteiger partial charge in [0.1, 0.15) is 0 Å². The van der Waals surface area contributed by atoms with Crippen LogP contribution in [0, 0.1) is 0 Å². The summed E-state index contributed by atoms with van der Waals surface area (Å²) in [6.45, 7) is 14.6. The third kappa shape index (κ3) is 3.87. The molecule has 0 heteroatoms. The molecule has 0 aliphatic carbocycles. The van der Waals surface area contributed by atoms with Crippen LogP contribution in [-0.4, -0.2) is 0 Å². The van der Waals surface area contributed by atoms with Crippen molar-refractivity contribution in [3.8, 4) is 0 Å². The zero-order valence-electron chi connectivity index (χ0n) is 12.2. The summed E-state index contributed by atoms with van der Waals surface area (Å²) in [5, 5.41) is 0. The average Bonchev–Trinajstić information content (AvgIpc) is 2.33. The maximum absolute atomic E-state index is 4.13. The van der Waals surface area contributed by atoms with Crippen LogP contribution in [0.4, 0.5) is 0 Å². The lowest BCUT2D eigenvalue weighted by Gasteiger charge is -2.15. The van der Waals surface area contributed by atoms with E-state index in [1.807, 2.05) is 0 Å². The molecular weight excluding hydrogens is 216 g/mol. The summed E-state index contributed by atoms with van der Waals surface area (Å²) in [6.07, 6.45) is 6.38. The van der Waals surface area contributed by atoms with Crippen LogP contribution in [0.5, 0.6) is 0 Å². The molecular formula is C18H26. The molecule has 0 N–H and O–H groups in total. The highest BCUT2D eigenvalue weighted by Gasteiger charge is 2.09. The number of allylic oxidation sites excluding steroid dienone is 2. The molecule has 1 aromatic rings. The SMILES string of the molecule is C=C(C)c1cccc(CCCCCC)c1C(=C)C. The first-order valence-corrected chi connectivity index (χ1v) is 7.01. The number of hydrogen-bond acceptors (Lipinski definition) is 0. The lowest BCUT2D eigenvalue weighted by molar-refractivity contribution is 0.666. The van der Waals surface area contributed by atoms with Crippen molar-refractivity contribution in [1.29, 1.82) is 0 Å². The summed E-state index contributed by atoms with van der Waals surface area (Å²) in [5.41, 5.74) is 6.29. The van der Waals surface area contributed by atoms with E-state index in [2.05, 4.69) is 52.1 Å². The Hall–Kier alpha value is -1.30. The minimum Gasteiger partial charge on any atom is -0.0955 e. The Bertz CT molecular complexity index is 424. The largest absolute Gasteiger partial charge is 0.0955 e. The molecule has 0 atom stereocenters. The van der Waals surface area contributed by atoms with Gasteiger partial charge in [-0.05, 0) is 43.4 Å². The van der Waals surface area contributed by atoms with Crippen molar-refractivity contribution >= 4 is 11.1 Å². The van der Waals surface area contributed by atoms with Gasteiger partial charge in [0.15, 0.2) is 0 Å². The lowest BCUT2D eigenvalue weighted by Crippen LogP contribution is -1.97. The topological polar surface area (TPSA) is 0 Å². The van der Waals surface area contributed by atoms with Crippen molar-refractivity contribution < 1.29 is 0 Å². The van der Waals surface area contributed by atoms with Gasteiger partial charge in [-0.1, -0.05) is 68.7 Å². The minimum atomic E-state index is 1.13. The Morgan fingerprint density at radius 2 is 1.72 bits per heavy atom. The Balaban J connectivity index is 2.93. The smallest absolute Gasteiger partial charge is 0.0126 e. The summed E-state index contributed by atoms with van der Waals surface area (Å²) in [7, 11) is 0. The molecule has 0 saturated carbocycles. The standard InChI is InChI=1S/C18H26/c1-6-7-8-9-11-16-12-10-13-17(14(2)3)18(16)15(4)5/h10,12-13H,2,4,6-9,11H2,1,3,5H3. The van der Waals surface area contributed by atoms with Crippen LogP contribution in [0.2, 0.25) is 0 Å². The molecule has 18 heavy (non-hydrogen) atoms. The Kier molecular flexibility index (Phi) is 5.91. The number of aryl methyl sites for hydroxylation is 1. The predicted molar refractivity (Wildman–Crippen MR) is 83.7 cm³/mol. The van der Waals surface area contributed by atoms with Crippen LogP contribution < -0.4 is 0 Å². The Labute approximate surface area is 112 Å². The summed E-state index contributed by atoms with van der Waals surface area (Å²) < 4.78 is 0. The predicted octanol–water partition coefficient (Wildman–Crippen LogP) is 5.88. The Morgan fingerprint density at radius 1 is 1.00 bits per heavy atom. The normalized spacial score (nSPS) is 10.4. The number of unbranched alkanes of at least 4 members (excludes halogenated alkanes) is 3. The van der Waals surface area contributed by atoms with Gasteiger partial charge >= 0.3 is 0 Å². The molecule has 0 nitrogen and oxygen atoms in total. The first-order chi connectivity index (χ1) is 8.57. The molecule has 0 aliphatic heterocycles. The molecule has 0 spiro atoms. The molecule has 1 aromatic carbocycles. The van der Waals surface area contributed by atoms with E-state index >= 15 is 0 Å². The lowest BCUT2D eigenvalue weighted by atomic mass is 9.90. The zero-order chi connectivity index (χ0) is 13.5. The molecule has 0 unspecified atom stereocenters. The van der Waals surface area contributed by atoms with Gasteiger partial charge in [0.2, 0.25) is 0 Å². The van der Waals surface area contributed by atoms with Gasteiger partial charge in [0.25, 0.3) is 0 Å². The van der Waals surface area contributed by atoms with Crippen molar-refractivity contribution in [2.24, 2.45) is 0 Å². The molecule has 0 aromatic heterocycles. The second kappa shape index (κ2) is 7.20. The van der Waals surface area contributed by atoms with Gasteiger partial charge in [-0.3, -0.25) is 0 Å². The highest BCUT2D eigenvalue weighted by molar-refractivity contribution is 5.78. The van der Waals surface area contributed by atoms with Crippen LogP contribution in [-0.2, 0) is 6.42 Å². The van der Waals surface area contributed by atoms with Crippen LogP contribution >= 0.6 is 0 Å². The molecule has 98 valence electrons. The van der Waals surface area contributed by atoms with Gasteiger partial charge in [-0.15, -0.1) is 0 Å². The van der Waals surface area contributed by atoms with Crippen molar-refractivity contribution in [3.05, 3.63) is 48.0 Å². The monoisotopic (exact) mass is 242 g/mol. The van der Waals surface area contributed by atoms with E-state index in [9.17, 15) is 0 Å². The highest BCUT2D eigenvalue weighted by Crippen LogP contribution is 2.28. The summed E-state index contributed by atoms with van der Waals surface area (Å²) in [4.78, 5) is 0. The van der Waals surface area contributed by atoms with Crippen LogP contribution in [0.25, 0.3) is 11.1 Å². The maximum Gasteiger partial charge on any atom is -0.0126 e. The first kappa shape index (κ1) is 14.8. The van der Waals surface area contributed by atoms with Gasteiger partial charge in [-0.2, -0.15) is 0 Å². The Morgan fingerprint density at radius 3 is 2.28 bits per heavy atom. The number of hydrogen-bond donors (Lipinski definition) is 0. The molecule has 0 saturated heterocycles. The molecule has 0 radical (unpaired) electrons. The van der Waals surface area contributed by atoms with Crippen LogP contribution in [0.3, 0.4) is 0 Å². The second-order valence-electron chi connectivity index (χ2n) is 5.21. The third-order valence-corrected chi connectivity index (χ3v) is 3.34. The fraction of sp³-hybridized carbons (Fsp3) is 0.444. The summed E-state index contributed by atoms with van der Waals surface area (Å²) in [6, 6.07) is 6.54. The van der Waals surface area contributed by atoms with Gasteiger partial charge < -0.3 is 0 Å². The van der Waals surface area contributed by atoms with Crippen LogP contribution in [0.1, 0.15) is 63.1 Å². The van der Waals surface area contributed by atoms with Crippen molar-refractivity contribution in [2.45, 2.75) is 52.9 Å². The first-order valence-electron chi connectivity index (χ1n) is 7.01. The quantitative estimate of drug-likeness (QED) is 0.524. The highest BCUT2D eigenvalue weighted by atomic mass is 14.1. The van der Waals surface area contributed by atoms with E-state index in [-0.39, 0.29) is 0 Å². The van der Waals surface area contributed by atoms with E-state index in [0.717, 1.165) is 17.6 Å². The van der Waals surface area contributed by atoms with E-state index in [1.54, 1.807) is 0 Å². The van der Waals surface area contributed by atoms with Crippen molar-refractivity contribution in [2.75, 3.05) is 0 Å². The molecule has 0 heterocycles. The fourth-order valence-electron chi connectivity index (χ4n) is 2.41. The minimum absolute atomic E-state index is 1.13. The molecule has 0 amide bonds. The maximum atomic E-state index is 4.13. The molecule has 0 aliphatic rings. The van der Waals surface area contributed by atoms with Crippen molar-refractivity contribution in [3.63, 3.8) is 0 Å². The molecule has 1 rings (SSSR count). The third-order valence-electron chi connectivity index (χ3n) is 3.34. The summed E-state index contributed by atoms with van der Waals surface area (Å²) in [5.74, 6) is 0. The summed E-state index contributed by atoms with van der Waals surface area (Å²) >= 11 is 0. The van der Waals surface area contributed by atoms with E-state index in [4.69, 9.17) is 0 Å². The molecule has 0 fully saturated rings. The fourth-order valence-corrected chi connectivity index (χ4v) is 2.41. The zero-order valence-corrected chi connectivity index (χ0v) is 12.2. The van der Waals surface area contributed by atoms with Crippen LogP contribution in [0.15, 0.2) is 31.4 Å².